The summed E-state index contributed by atoms with van der Waals surface area (Å²) in [4.78, 5) is 13.7. The predicted octanol–water partition coefficient (Wildman–Crippen LogP) is 2.34. The summed E-state index contributed by atoms with van der Waals surface area (Å²) in [5, 5.41) is 12.4. The van der Waals surface area contributed by atoms with Crippen molar-refractivity contribution < 1.29 is 9.90 Å². The third kappa shape index (κ3) is 5.11. The molecule has 1 aliphatic carbocycles. The third-order valence-electron chi connectivity index (χ3n) is 4.48. The molecule has 1 rings (SSSR count). The molecular weight excluding hydrogens is 240 g/mol. The van der Waals surface area contributed by atoms with Gasteiger partial charge in [0.15, 0.2) is 0 Å². The molecule has 0 amide bonds. The maximum absolute atomic E-state index is 11.3. The first kappa shape index (κ1) is 16.4. The summed E-state index contributed by atoms with van der Waals surface area (Å²) in [6.07, 6.45) is 5.48. The van der Waals surface area contributed by atoms with Gasteiger partial charge in [-0.1, -0.05) is 6.92 Å². The average Bonchev–Trinajstić information content (AvgIpc) is 3.17. The van der Waals surface area contributed by atoms with E-state index in [4.69, 9.17) is 0 Å². The maximum atomic E-state index is 11.3. The number of carboxylic acids is 1. The number of unbranched alkanes of at least 4 members (excludes halogenated alkanes) is 1. The van der Waals surface area contributed by atoms with Crippen molar-refractivity contribution in [1.29, 1.82) is 0 Å². The smallest absolute Gasteiger partial charge is 0.323 e. The highest BCUT2D eigenvalue weighted by molar-refractivity contribution is 5.78. The number of likely N-dealkylation sites (N-methyl/N-ethyl adjacent to an activating group) is 1. The standard InChI is InChI=1S/C15H30N2O2/c1-5-16-15(3,14(18)19)10-6-7-11-17(4)12(2)13-8-9-13/h12-13,16H,5-11H2,1-4H3,(H,18,19). The molecule has 4 nitrogen and oxygen atoms in total. The molecule has 112 valence electrons. The van der Waals surface area contributed by atoms with Gasteiger partial charge in [-0.15, -0.1) is 0 Å². The lowest BCUT2D eigenvalue weighted by atomic mass is 9.94. The lowest BCUT2D eigenvalue weighted by Gasteiger charge is -2.27. The topological polar surface area (TPSA) is 52.6 Å². The second-order valence-electron chi connectivity index (χ2n) is 6.18. The summed E-state index contributed by atoms with van der Waals surface area (Å²) in [5.74, 6) is 0.157. The minimum absolute atomic E-state index is 0.680. The van der Waals surface area contributed by atoms with E-state index in [1.807, 2.05) is 6.92 Å². The van der Waals surface area contributed by atoms with E-state index in [2.05, 4.69) is 24.2 Å². The number of aliphatic carboxylic acids is 1. The van der Waals surface area contributed by atoms with Crippen molar-refractivity contribution >= 4 is 5.97 Å². The zero-order valence-corrected chi connectivity index (χ0v) is 12.9. The van der Waals surface area contributed by atoms with E-state index in [0.29, 0.717) is 19.0 Å². The van der Waals surface area contributed by atoms with Crippen molar-refractivity contribution in [3.63, 3.8) is 0 Å². The molecule has 4 heteroatoms. The van der Waals surface area contributed by atoms with Gasteiger partial charge in [-0.2, -0.15) is 0 Å². The van der Waals surface area contributed by atoms with Crippen LogP contribution in [0.5, 0.6) is 0 Å². The quantitative estimate of drug-likeness (QED) is 0.598. The van der Waals surface area contributed by atoms with E-state index in [1.54, 1.807) is 6.92 Å². The van der Waals surface area contributed by atoms with E-state index in [1.165, 1.54) is 12.8 Å². The van der Waals surface area contributed by atoms with Crippen molar-refractivity contribution in [3.8, 4) is 0 Å². The predicted molar refractivity (Wildman–Crippen MR) is 78.4 cm³/mol. The molecule has 1 fully saturated rings. The molecule has 0 heterocycles. The molecule has 2 atom stereocenters. The zero-order chi connectivity index (χ0) is 14.5. The minimum Gasteiger partial charge on any atom is -0.480 e. The Morgan fingerprint density at radius 3 is 2.58 bits per heavy atom. The third-order valence-corrected chi connectivity index (χ3v) is 4.48. The monoisotopic (exact) mass is 270 g/mol. The Hall–Kier alpha value is -0.610. The number of hydrogen-bond donors (Lipinski definition) is 2. The van der Waals surface area contributed by atoms with Crippen molar-refractivity contribution in [3.05, 3.63) is 0 Å². The van der Waals surface area contributed by atoms with Crippen LogP contribution in [0.15, 0.2) is 0 Å². The number of nitrogens with one attached hydrogen (secondary N) is 1. The van der Waals surface area contributed by atoms with Crippen LogP contribution in [0.4, 0.5) is 0 Å². The molecule has 0 aromatic heterocycles. The molecule has 0 radical (unpaired) electrons. The van der Waals surface area contributed by atoms with Crippen LogP contribution in [0.25, 0.3) is 0 Å². The van der Waals surface area contributed by atoms with Crippen LogP contribution in [-0.2, 0) is 4.79 Å². The number of carboxylic acid groups (broad SMARTS) is 1. The average molecular weight is 270 g/mol. The van der Waals surface area contributed by atoms with Crippen LogP contribution in [0.3, 0.4) is 0 Å². The summed E-state index contributed by atoms with van der Waals surface area (Å²) in [6, 6.07) is 0.680. The Labute approximate surface area is 117 Å². The number of carbonyl (C=O) groups is 1. The molecule has 0 aliphatic heterocycles. The van der Waals surface area contributed by atoms with Crippen LogP contribution in [-0.4, -0.2) is 47.7 Å². The van der Waals surface area contributed by atoms with E-state index in [-0.39, 0.29) is 0 Å². The molecule has 1 saturated carbocycles. The first-order valence-corrected chi connectivity index (χ1v) is 7.59. The Balaban J connectivity index is 2.22. The number of hydrogen-bond acceptors (Lipinski definition) is 3. The van der Waals surface area contributed by atoms with Crippen LogP contribution < -0.4 is 5.32 Å². The second-order valence-corrected chi connectivity index (χ2v) is 6.18. The van der Waals surface area contributed by atoms with Crippen molar-refractivity contribution in [2.45, 2.75) is 64.5 Å². The van der Waals surface area contributed by atoms with Crippen LogP contribution in [0.1, 0.15) is 52.9 Å². The molecule has 0 aromatic carbocycles. The van der Waals surface area contributed by atoms with Crippen molar-refractivity contribution in [1.82, 2.24) is 10.2 Å². The molecule has 0 spiro atoms. The summed E-state index contributed by atoms with van der Waals surface area (Å²) >= 11 is 0. The van der Waals surface area contributed by atoms with E-state index in [9.17, 15) is 9.90 Å². The summed E-state index contributed by atoms with van der Waals surface area (Å²) in [7, 11) is 2.18. The zero-order valence-electron chi connectivity index (χ0n) is 12.9. The Morgan fingerprint density at radius 1 is 1.47 bits per heavy atom. The van der Waals surface area contributed by atoms with Crippen molar-refractivity contribution in [2.75, 3.05) is 20.1 Å². The number of nitrogens with zero attached hydrogens (tertiary/aromatic N) is 1. The maximum Gasteiger partial charge on any atom is 0.323 e. The van der Waals surface area contributed by atoms with Gasteiger partial charge in [0.05, 0.1) is 0 Å². The first-order valence-electron chi connectivity index (χ1n) is 7.59. The van der Waals surface area contributed by atoms with Gasteiger partial charge >= 0.3 is 5.97 Å². The van der Waals surface area contributed by atoms with Gasteiger partial charge in [-0.25, -0.2) is 0 Å². The van der Waals surface area contributed by atoms with Gasteiger partial charge in [0.25, 0.3) is 0 Å². The normalized spacial score (nSPS) is 20.3. The highest BCUT2D eigenvalue weighted by Crippen LogP contribution is 2.34. The first-order chi connectivity index (χ1) is 8.90. The van der Waals surface area contributed by atoms with Crippen LogP contribution >= 0.6 is 0 Å². The Kier molecular flexibility index (Phi) is 6.27. The summed E-state index contributed by atoms with van der Waals surface area (Å²) < 4.78 is 0. The SMILES string of the molecule is CCNC(C)(CCCCN(C)C(C)C1CC1)C(=O)O. The van der Waals surface area contributed by atoms with E-state index < -0.39 is 11.5 Å². The molecule has 2 unspecified atom stereocenters. The van der Waals surface area contributed by atoms with Gasteiger partial charge in [0.2, 0.25) is 0 Å². The van der Waals surface area contributed by atoms with Crippen LogP contribution in [0, 0.1) is 5.92 Å². The molecule has 2 N–H and O–H groups in total. The second kappa shape index (κ2) is 7.25. The van der Waals surface area contributed by atoms with E-state index >= 15 is 0 Å². The largest absolute Gasteiger partial charge is 0.480 e. The van der Waals surface area contributed by atoms with Crippen molar-refractivity contribution in [2.24, 2.45) is 5.92 Å². The Bertz CT molecular complexity index is 292. The molecule has 0 saturated heterocycles. The fourth-order valence-corrected chi connectivity index (χ4v) is 2.64. The summed E-state index contributed by atoms with van der Waals surface area (Å²) in [5.41, 5.74) is -0.768. The molecule has 0 aromatic rings. The molecule has 1 aliphatic rings. The Morgan fingerprint density at radius 2 is 2.11 bits per heavy atom. The summed E-state index contributed by atoms with van der Waals surface area (Å²) in [6.45, 7) is 7.81. The lowest BCUT2D eigenvalue weighted by Crippen LogP contribution is -2.49. The van der Waals surface area contributed by atoms with Crippen LogP contribution in [0.2, 0.25) is 0 Å². The fraction of sp³-hybridized carbons (Fsp3) is 0.933. The van der Waals surface area contributed by atoms with Gasteiger partial charge in [0.1, 0.15) is 5.54 Å². The molecule has 19 heavy (non-hydrogen) atoms. The lowest BCUT2D eigenvalue weighted by molar-refractivity contribution is -0.144. The van der Waals surface area contributed by atoms with Gasteiger partial charge in [-0.05, 0) is 72.0 Å². The van der Waals surface area contributed by atoms with Gasteiger partial charge in [-0.3, -0.25) is 4.79 Å². The highest BCUT2D eigenvalue weighted by Gasteiger charge is 2.32. The highest BCUT2D eigenvalue weighted by atomic mass is 16.4. The van der Waals surface area contributed by atoms with Gasteiger partial charge in [0, 0.05) is 6.04 Å². The van der Waals surface area contributed by atoms with E-state index in [0.717, 1.165) is 25.3 Å². The molecule has 0 bridgehead atoms. The fourth-order valence-electron chi connectivity index (χ4n) is 2.64. The molecular formula is C15H30N2O2. The minimum atomic E-state index is -0.768. The number of rotatable bonds is 10. The van der Waals surface area contributed by atoms with Gasteiger partial charge < -0.3 is 15.3 Å².